The summed E-state index contributed by atoms with van der Waals surface area (Å²) in [5.74, 6) is 0. The van der Waals surface area contributed by atoms with Gasteiger partial charge in [0.1, 0.15) is 7.05 Å². The van der Waals surface area contributed by atoms with Crippen LogP contribution in [-0.4, -0.2) is 24.4 Å². The van der Waals surface area contributed by atoms with Gasteiger partial charge >= 0.3 is 0 Å². The van der Waals surface area contributed by atoms with Crippen molar-refractivity contribution in [1.29, 1.82) is 0 Å². The smallest absolute Gasteiger partial charge is 0.210 e. The van der Waals surface area contributed by atoms with Gasteiger partial charge in [-0.25, -0.2) is 0 Å². The molecule has 0 atom stereocenters. The van der Waals surface area contributed by atoms with E-state index in [9.17, 15) is 0 Å². The number of rotatable bonds is 2. The van der Waals surface area contributed by atoms with Crippen molar-refractivity contribution in [3.05, 3.63) is 107 Å². The topological polar surface area (TPSA) is 6.25 Å². The molecule has 6 rings (SSSR count). The van der Waals surface area contributed by atoms with Crippen LogP contribution in [-0.2, 0) is 10.8 Å². The molecular formula is C35H37N2+. The maximum Gasteiger partial charge on any atom is 0.210 e. The number of benzene rings is 4. The van der Waals surface area contributed by atoms with Crippen LogP contribution in [0.25, 0.3) is 21.5 Å². The molecule has 0 saturated carbocycles. The summed E-state index contributed by atoms with van der Waals surface area (Å²) in [5, 5.41) is 5.36. The summed E-state index contributed by atoms with van der Waals surface area (Å²) in [6.45, 7) is 13.8. The van der Waals surface area contributed by atoms with Gasteiger partial charge in [-0.15, -0.1) is 0 Å². The molecule has 4 aromatic carbocycles. The van der Waals surface area contributed by atoms with Crippen molar-refractivity contribution in [2.24, 2.45) is 0 Å². The van der Waals surface area contributed by atoms with Crippen LogP contribution >= 0.6 is 0 Å². The van der Waals surface area contributed by atoms with Crippen molar-refractivity contribution in [2.75, 3.05) is 19.0 Å². The highest BCUT2D eigenvalue weighted by atomic mass is 15.2. The summed E-state index contributed by atoms with van der Waals surface area (Å²) in [7, 11) is 4.41. The van der Waals surface area contributed by atoms with E-state index in [1.54, 1.807) is 0 Å². The SMILES string of the molecule is Cc1ccc2c3c(ccc2c1)N(C)C(=C/C=C/C1=[N+](C)c2ccc4cc(C)ccc4c2C1(C)C)C3(C)C. The standard InChI is InChI=1S/C35H37N2/c1-22-12-16-26-24(20-22)14-18-28-32(26)34(3,4)30(36(28)7)10-9-11-31-35(5,6)33-27-17-13-23(2)21-25(27)15-19-29(33)37(31)8/h9-21H,1-8H3/q+1. The van der Waals surface area contributed by atoms with E-state index in [1.807, 2.05) is 0 Å². The van der Waals surface area contributed by atoms with E-state index >= 15 is 0 Å². The largest absolute Gasteiger partial charge is 0.347 e. The minimum absolute atomic E-state index is 0.0814. The van der Waals surface area contributed by atoms with Crippen LogP contribution in [0.15, 0.2) is 84.6 Å². The van der Waals surface area contributed by atoms with Gasteiger partial charge in [-0.2, -0.15) is 4.58 Å². The fourth-order valence-corrected chi connectivity index (χ4v) is 6.97. The Labute approximate surface area is 221 Å². The molecule has 0 amide bonds. The van der Waals surface area contributed by atoms with E-state index in [0.717, 1.165) is 0 Å². The van der Waals surface area contributed by atoms with Gasteiger partial charge in [-0.1, -0.05) is 73.5 Å². The van der Waals surface area contributed by atoms with E-state index in [0.29, 0.717) is 0 Å². The highest BCUT2D eigenvalue weighted by molar-refractivity contribution is 6.07. The van der Waals surface area contributed by atoms with Gasteiger partial charge in [0.05, 0.1) is 5.41 Å². The molecule has 2 nitrogen and oxygen atoms in total. The molecule has 2 aliphatic rings. The number of fused-ring (bicyclic) bond motifs is 6. The number of aryl methyl sites for hydroxylation is 2. The molecule has 0 bridgehead atoms. The van der Waals surface area contributed by atoms with Gasteiger partial charge in [-0.3, -0.25) is 0 Å². The second kappa shape index (κ2) is 7.92. The Balaban J connectivity index is 1.41. The number of hydrogen-bond acceptors (Lipinski definition) is 1. The molecule has 37 heavy (non-hydrogen) atoms. The fourth-order valence-electron chi connectivity index (χ4n) is 6.97. The molecule has 2 heterocycles. The summed E-state index contributed by atoms with van der Waals surface area (Å²) >= 11 is 0. The Kier molecular flexibility index (Phi) is 5.08. The van der Waals surface area contributed by atoms with Crippen molar-refractivity contribution in [2.45, 2.75) is 52.4 Å². The molecule has 0 unspecified atom stereocenters. The summed E-state index contributed by atoms with van der Waals surface area (Å²) < 4.78 is 2.37. The zero-order chi connectivity index (χ0) is 26.3. The predicted octanol–water partition coefficient (Wildman–Crippen LogP) is 8.48. The van der Waals surface area contributed by atoms with Gasteiger partial charge in [0.25, 0.3) is 0 Å². The monoisotopic (exact) mass is 485 g/mol. The molecule has 0 saturated heterocycles. The molecule has 0 aromatic heterocycles. The normalized spacial score (nSPS) is 19.0. The maximum atomic E-state index is 2.37. The summed E-state index contributed by atoms with van der Waals surface area (Å²) in [6.07, 6.45) is 6.90. The molecule has 4 aromatic rings. The van der Waals surface area contributed by atoms with Gasteiger partial charge < -0.3 is 4.90 Å². The van der Waals surface area contributed by atoms with Crippen LogP contribution in [0.4, 0.5) is 11.4 Å². The average molecular weight is 486 g/mol. The van der Waals surface area contributed by atoms with Gasteiger partial charge in [-0.05, 0) is 73.0 Å². The lowest BCUT2D eigenvalue weighted by atomic mass is 9.78. The van der Waals surface area contributed by atoms with Crippen LogP contribution in [0.5, 0.6) is 0 Å². The van der Waals surface area contributed by atoms with Crippen LogP contribution in [0.2, 0.25) is 0 Å². The van der Waals surface area contributed by atoms with Crippen molar-refractivity contribution in [3.8, 4) is 0 Å². The Morgan fingerprint density at radius 1 is 0.730 bits per heavy atom. The van der Waals surface area contributed by atoms with Gasteiger partial charge in [0.2, 0.25) is 5.69 Å². The third-order valence-electron chi connectivity index (χ3n) is 8.79. The van der Waals surface area contributed by atoms with E-state index < -0.39 is 0 Å². The highest BCUT2D eigenvalue weighted by Crippen LogP contribution is 2.50. The molecule has 0 aliphatic carbocycles. The molecular weight excluding hydrogens is 448 g/mol. The highest BCUT2D eigenvalue weighted by Gasteiger charge is 2.44. The molecule has 0 spiro atoms. The first kappa shape index (κ1) is 23.7. The Hall–Kier alpha value is -3.65. The first-order chi connectivity index (χ1) is 17.5. The Morgan fingerprint density at radius 3 is 1.97 bits per heavy atom. The van der Waals surface area contributed by atoms with Crippen molar-refractivity contribution in [3.63, 3.8) is 0 Å². The number of anilines is 1. The molecule has 2 heteroatoms. The van der Waals surface area contributed by atoms with E-state index in [-0.39, 0.29) is 10.8 Å². The lowest BCUT2D eigenvalue weighted by Gasteiger charge is -2.24. The average Bonchev–Trinajstić information content (AvgIpc) is 3.17. The number of likely N-dealkylation sites (N-methyl/N-ethyl adjacent to an activating group) is 1. The van der Waals surface area contributed by atoms with Gasteiger partial charge in [0, 0.05) is 41.6 Å². The molecule has 0 radical (unpaired) electrons. The van der Waals surface area contributed by atoms with Crippen LogP contribution < -0.4 is 4.90 Å². The minimum atomic E-state index is -0.0814. The number of allylic oxidation sites excluding steroid dienone is 4. The summed E-state index contributed by atoms with van der Waals surface area (Å²) in [6, 6.07) is 22.8. The number of nitrogens with zero attached hydrogens (tertiary/aromatic N) is 2. The van der Waals surface area contributed by atoms with Crippen molar-refractivity contribution >= 4 is 38.6 Å². The minimum Gasteiger partial charge on any atom is -0.347 e. The third kappa shape index (κ3) is 3.35. The Morgan fingerprint density at radius 2 is 1.32 bits per heavy atom. The zero-order valence-corrected chi connectivity index (χ0v) is 23.4. The van der Waals surface area contributed by atoms with E-state index in [4.69, 9.17) is 0 Å². The van der Waals surface area contributed by atoms with E-state index in [1.165, 1.54) is 66.6 Å². The first-order valence-electron chi connectivity index (χ1n) is 13.3. The molecule has 0 N–H and O–H groups in total. The van der Waals surface area contributed by atoms with Crippen molar-refractivity contribution in [1.82, 2.24) is 0 Å². The quantitative estimate of drug-likeness (QED) is 0.258. The lowest BCUT2D eigenvalue weighted by molar-refractivity contribution is -0.401. The molecule has 186 valence electrons. The molecule has 2 aliphatic heterocycles. The van der Waals surface area contributed by atoms with Crippen molar-refractivity contribution < 1.29 is 4.58 Å². The Bertz CT molecular complexity index is 1710. The molecule has 0 fully saturated rings. The second-order valence-electron chi connectivity index (χ2n) is 12.0. The van der Waals surface area contributed by atoms with E-state index in [2.05, 4.69) is 144 Å². The lowest BCUT2D eigenvalue weighted by Crippen LogP contribution is -2.27. The zero-order valence-electron chi connectivity index (χ0n) is 23.4. The predicted molar refractivity (Wildman–Crippen MR) is 160 cm³/mol. The fraction of sp³-hybridized carbons (Fsp3) is 0.286. The van der Waals surface area contributed by atoms with Crippen LogP contribution in [0.1, 0.15) is 49.9 Å². The summed E-state index contributed by atoms with van der Waals surface area (Å²) in [5.41, 5.74) is 10.6. The third-order valence-corrected chi connectivity index (χ3v) is 8.79. The first-order valence-corrected chi connectivity index (χ1v) is 13.3. The van der Waals surface area contributed by atoms with Gasteiger partial charge in [0.15, 0.2) is 5.71 Å². The summed E-state index contributed by atoms with van der Waals surface area (Å²) in [4.78, 5) is 2.37. The van der Waals surface area contributed by atoms with Crippen LogP contribution in [0, 0.1) is 13.8 Å². The second-order valence-corrected chi connectivity index (χ2v) is 12.0. The maximum absolute atomic E-state index is 2.37. The van der Waals surface area contributed by atoms with Crippen LogP contribution in [0.3, 0.4) is 0 Å². The number of hydrogen-bond donors (Lipinski definition) is 0.